The molecule has 0 aliphatic rings. The minimum Gasteiger partial charge on any atom is -0.319 e. The van der Waals surface area contributed by atoms with Crippen LogP contribution in [0.4, 0.5) is 4.39 Å². The van der Waals surface area contributed by atoms with Crippen molar-refractivity contribution in [3.05, 3.63) is 30.2 Å². The molecule has 0 atom stereocenters. The lowest BCUT2D eigenvalue weighted by molar-refractivity contribution is -0.142. The van der Waals surface area contributed by atoms with Gasteiger partial charge in [-0.05, 0) is 6.07 Å². The lowest BCUT2D eigenvalue weighted by atomic mass is 10.2. The fraction of sp³-hybridized carbons (Fsp3) is 0.111. The van der Waals surface area contributed by atoms with Gasteiger partial charge in [0, 0.05) is 12.3 Å². The molecule has 0 amide bonds. The standard InChI is InChI=1S/C9H7FN2O2/c1-6(13)14-12-9-7(5-11-12)3-2-4-8(9)10/h2-5H,1H3. The number of carbonyl (C=O) groups excluding carboxylic acids is 1. The Kier molecular flexibility index (Phi) is 1.92. The van der Waals surface area contributed by atoms with E-state index in [-0.39, 0.29) is 5.52 Å². The zero-order chi connectivity index (χ0) is 10.1. The normalized spacial score (nSPS) is 10.4. The number of carbonyl (C=O) groups is 1. The zero-order valence-electron chi connectivity index (χ0n) is 7.40. The van der Waals surface area contributed by atoms with E-state index in [0.717, 1.165) is 4.85 Å². The second-order valence-corrected chi connectivity index (χ2v) is 2.78. The molecule has 14 heavy (non-hydrogen) atoms. The number of benzene rings is 1. The van der Waals surface area contributed by atoms with Crippen molar-refractivity contribution >= 4 is 16.9 Å². The highest BCUT2D eigenvalue weighted by molar-refractivity contribution is 5.79. The van der Waals surface area contributed by atoms with Crippen LogP contribution in [0.2, 0.25) is 0 Å². The highest BCUT2D eigenvalue weighted by Gasteiger charge is 2.09. The van der Waals surface area contributed by atoms with Crippen molar-refractivity contribution in [2.24, 2.45) is 0 Å². The maximum Gasteiger partial charge on any atom is 0.331 e. The summed E-state index contributed by atoms with van der Waals surface area (Å²) in [5.41, 5.74) is 0.169. The molecule has 0 bridgehead atoms. The Hall–Kier alpha value is -1.91. The van der Waals surface area contributed by atoms with Crippen molar-refractivity contribution in [3.8, 4) is 0 Å². The van der Waals surface area contributed by atoms with Gasteiger partial charge in [0.2, 0.25) is 0 Å². The molecule has 0 spiro atoms. The first-order chi connectivity index (χ1) is 6.68. The van der Waals surface area contributed by atoms with Gasteiger partial charge >= 0.3 is 5.97 Å². The lowest BCUT2D eigenvalue weighted by Gasteiger charge is -2.00. The number of para-hydroxylation sites is 1. The molecule has 2 aromatic rings. The maximum absolute atomic E-state index is 13.3. The van der Waals surface area contributed by atoms with Gasteiger partial charge in [-0.3, -0.25) is 0 Å². The average Bonchev–Trinajstić information content (AvgIpc) is 2.49. The Balaban J connectivity index is 2.61. The van der Waals surface area contributed by atoms with Crippen molar-refractivity contribution < 1.29 is 14.0 Å². The van der Waals surface area contributed by atoms with Gasteiger partial charge in [0.25, 0.3) is 0 Å². The van der Waals surface area contributed by atoms with Crippen LogP contribution in [0.25, 0.3) is 10.9 Å². The van der Waals surface area contributed by atoms with Crippen molar-refractivity contribution in [2.45, 2.75) is 6.92 Å². The number of fused-ring (bicyclic) bond motifs is 1. The van der Waals surface area contributed by atoms with E-state index in [1.165, 1.54) is 19.2 Å². The van der Waals surface area contributed by atoms with E-state index >= 15 is 0 Å². The van der Waals surface area contributed by atoms with E-state index in [0.29, 0.717) is 5.39 Å². The molecule has 5 heteroatoms. The smallest absolute Gasteiger partial charge is 0.319 e. The van der Waals surface area contributed by atoms with E-state index in [1.807, 2.05) is 0 Å². The molecule has 0 N–H and O–H groups in total. The number of nitrogens with zero attached hydrogens (tertiary/aromatic N) is 2. The van der Waals surface area contributed by atoms with Crippen LogP contribution in [0.1, 0.15) is 6.92 Å². The van der Waals surface area contributed by atoms with Crippen LogP contribution in [0.5, 0.6) is 0 Å². The SMILES string of the molecule is CC(=O)On1ncc2cccc(F)c21. The van der Waals surface area contributed by atoms with E-state index in [1.54, 1.807) is 12.1 Å². The Bertz CT molecular complexity index is 493. The second kappa shape index (κ2) is 3.10. The number of rotatable bonds is 1. The van der Waals surface area contributed by atoms with Gasteiger partial charge in [-0.25, -0.2) is 9.18 Å². The fourth-order valence-electron chi connectivity index (χ4n) is 1.20. The molecule has 4 nitrogen and oxygen atoms in total. The van der Waals surface area contributed by atoms with Crippen molar-refractivity contribution in [1.29, 1.82) is 0 Å². The summed E-state index contributed by atoms with van der Waals surface area (Å²) in [6.07, 6.45) is 1.43. The molecule has 0 aliphatic carbocycles. The van der Waals surface area contributed by atoms with Crippen LogP contribution in [0.3, 0.4) is 0 Å². The van der Waals surface area contributed by atoms with E-state index in [4.69, 9.17) is 0 Å². The monoisotopic (exact) mass is 194 g/mol. The largest absolute Gasteiger partial charge is 0.331 e. The summed E-state index contributed by atoms with van der Waals surface area (Å²) in [5.74, 6) is -1.01. The molecule has 2 rings (SSSR count). The molecule has 0 aliphatic heterocycles. The molecular weight excluding hydrogens is 187 g/mol. The number of hydrogen-bond acceptors (Lipinski definition) is 3. The molecule has 0 radical (unpaired) electrons. The third-order valence-electron chi connectivity index (χ3n) is 1.73. The average molecular weight is 194 g/mol. The molecule has 72 valence electrons. The quantitative estimate of drug-likeness (QED) is 0.684. The van der Waals surface area contributed by atoms with Crippen LogP contribution in [-0.2, 0) is 4.79 Å². The predicted molar refractivity (Wildman–Crippen MR) is 47.0 cm³/mol. The van der Waals surface area contributed by atoms with E-state index in [9.17, 15) is 9.18 Å². The summed E-state index contributed by atoms with van der Waals surface area (Å²) in [6.45, 7) is 1.23. The third kappa shape index (κ3) is 1.32. The van der Waals surface area contributed by atoms with Crippen LogP contribution >= 0.6 is 0 Å². The molecule has 1 aromatic heterocycles. The van der Waals surface area contributed by atoms with Crippen molar-refractivity contribution in [2.75, 3.05) is 0 Å². The second-order valence-electron chi connectivity index (χ2n) is 2.78. The van der Waals surface area contributed by atoms with Crippen LogP contribution in [0, 0.1) is 5.82 Å². The van der Waals surface area contributed by atoms with Gasteiger partial charge in [0.05, 0.1) is 6.20 Å². The minimum absolute atomic E-state index is 0.169. The summed E-state index contributed by atoms with van der Waals surface area (Å²) in [6, 6.07) is 4.53. The predicted octanol–water partition coefficient (Wildman–Crippen LogP) is 1.15. The molecule has 0 fully saturated rings. The number of halogens is 1. The van der Waals surface area contributed by atoms with Gasteiger partial charge in [-0.1, -0.05) is 17.0 Å². The van der Waals surface area contributed by atoms with Crippen LogP contribution < -0.4 is 4.84 Å². The molecular formula is C9H7FN2O2. The molecule has 1 aromatic carbocycles. The molecule has 0 saturated heterocycles. The first kappa shape index (κ1) is 8.68. The number of aromatic nitrogens is 2. The van der Waals surface area contributed by atoms with Crippen molar-refractivity contribution in [3.63, 3.8) is 0 Å². The van der Waals surface area contributed by atoms with Gasteiger partial charge < -0.3 is 4.84 Å². The van der Waals surface area contributed by atoms with Gasteiger partial charge in [0.15, 0.2) is 5.82 Å². The summed E-state index contributed by atoms with van der Waals surface area (Å²) in [4.78, 5) is 16.2. The van der Waals surface area contributed by atoms with E-state index in [2.05, 4.69) is 9.94 Å². The van der Waals surface area contributed by atoms with Gasteiger partial charge in [-0.15, -0.1) is 5.10 Å². The van der Waals surface area contributed by atoms with Crippen LogP contribution in [-0.4, -0.2) is 15.9 Å². The molecule has 0 unspecified atom stereocenters. The number of hydrogen-bond donors (Lipinski definition) is 0. The first-order valence-electron chi connectivity index (χ1n) is 3.99. The van der Waals surface area contributed by atoms with Gasteiger partial charge in [-0.2, -0.15) is 0 Å². The molecule has 1 heterocycles. The molecule has 0 saturated carbocycles. The minimum atomic E-state index is -0.543. The lowest BCUT2D eigenvalue weighted by Crippen LogP contribution is -2.17. The zero-order valence-corrected chi connectivity index (χ0v) is 7.40. The van der Waals surface area contributed by atoms with Crippen molar-refractivity contribution in [1.82, 2.24) is 9.94 Å². The highest BCUT2D eigenvalue weighted by Crippen LogP contribution is 2.15. The Morgan fingerprint density at radius 1 is 1.57 bits per heavy atom. The Labute approximate surface area is 78.8 Å². The van der Waals surface area contributed by atoms with Gasteiger partial charge in [0.1, 0.15) is 5.52 Å². The highest BCUT2D eigenvalue weighted by atomic mass is 19.1. The van der Waals surface area contributed by atoms with E-state index < -0.39 is 11.8 Å². The Morgan fingerprint density at radius 2 is 2.36 bits per heavy atom. The summed E-state index contributed by atoms with van der Waals surface area (Å²) in [7, 11) is 0. The topological polar surface area (TPSA) is 44.1 Å². The summed E-state index contributed by atoms with van der Waals surface area (Å²) >= 11 is 0. The first-order valence-corrected chi connectivity index (χ1v) is 3.99. The summed E-state index contributed by atoms with van der Waals surface area (Å²) in [5, 5.41) is 4.32. The maximum atomic E-state index is 13.3. The fourth-order valence-corrected chi connectivity index (χ4v) is 1.20. The Morgan fingerprint density at radius 3 is 3.07 bits per heavy atom. The summed E-state index contributed by atoms with van der Waals surface area (Å²) < 4.78 is 13.3. The third-order valence-corrected chi connectivity index (χ3v) is 1.73. The van der Waals surface area contributed by atoms with Crippen LogP contribution in [0.15, 0.2) is 24.4 Å².